The number of hydrogen-bond acceptors (Lipinski definition) is 3. The van der Waals surface area contributed by atoms with Crippen LogP contribution in [0.5, 0.6) is 0 Å². The molecule has 2 atom stereocenters. The Hall–Kier alpha value is -0.380. The molecule has 0 aliphatic carbocycles. The summed E-state index contributed by atoms with van der Waals surface area (Å²) in [5.41, 5.74) is 0.995. The second-order valence-corrected chi connectivity index (χ2v) is 3.23. The van der Waals surface area contributed by atoms with Crippen LogP contribution >= 0.6 is 0 Å². The maximum absolute atomic E-state index is 9.51. The maximum atomic E-state index is 9.51. The molecule has 2 aliphatic rings. The SMILES string of the molecule is OCC1=CCN2CC[C@H](O)C12. The van der Waals surface area contributed by atoms with Gasteiger partial charge in [0.15, 0.2) is 0 Å². The van der Waals surface area contributed by atoms with E-state index in [1.54, 1.807) is 0 Å². The molecule has 0 saturated carbocycles. The van der Waals surface area contributed by atoms with Gasteiger partial charge in [0, 0.05) is 13.1 Å². The first-order chi connectivity index (χ1) is 5.33. The number of nitrogens with zero attached hydrogens (tertiary/aromatic N) is 1. The van der Waals surface area contributed by atoms with E-state index in [4.69, 9.17) is 5.11 Å². The Bertz CT molecular complexity index is 191. The van der Waals surface area contributed by atoms with E-state index in [0.29, 0.717) is 0 Å². The summed E-state index contributed by atoms with van der Waals surface area (Å²) in [7, 11) is 0. The van der Waals surface area contributed by atoms with Crippen LogP contribution in [0, 0.1) is 0 Å². The van der Waals surface area contributed by atoms with Crippen molar-refractivity contribution in [2.45, 2.75) is 18.6 Å². The zero-order chi connectivity index (χ0) is 7.84. The summed E-state index contributed by atoms with van der Waals surface area (Å²) >= 11 is 0. The Balaban J connectivity index is 2.15. The van der Waals surface area contributed by atoms with Gasteiger partial charge in [0.2, 0.25) is 0 Å². The van der Waals surface area contributed by atoms with E-state index in [9.17, 15) is 5.11 Å². The molecular weight excluding hydrogens is 142 g/mol. The molecule has 0 radical (unpaired) electrons. The van der Waals surface area contributed by atoms with Crippen LogP contribution in [-0.4, -0.2) is 47.0 Å². The van der Waals surface area contributed by atoms with Gasteiger partial charge >= 0.3 is 0 Å². The molecule has 1 unspecified atom stereocenters. The first-order valence-electron chi connectivity index (χ1n) is 4.05. The van der Waals surface area contributed by atoms with E-state index in [0.717, 1.165) is 25.1 Å². The van der Waals surface area contributed by atoms with Gasteiger partial charge in [0.05, 0.1) is 18.8 Å². The quantitative estimate of drug-likeness (QED) is 0.495. The van der Waals surface area contributed by atoms with Crippen LogP contribution in [0.25, 0.3) is 0 Å². The fraction of sp³-hybridized carbons (Fsp3) is 0.750. The van der Waals surface area contributed by atoms with E-state index >= 15 is 0 Å². The number of fused-ring (bicyclic) bond motifs is 1. The summed E-state index contributed by atoms with van der Waals surface area (Å²) in [5, 5.41) is 18.4. The van der Waals surface area contributed by atoms with Crippen LogP contribution in [0.4, 0.5) is 0 Å². The molecule has 0 aromatic heterocycles. The third-order valence-corrected chi connectivity index (χ3v) is 2.62. The predicted octanol–water partition coefficient (Wildman–Crippen LogP) is -0.646. The van der Waals surface area contributed by atoms with Crippen LogP contribution in [0.15, 0.2) is 11.6 Å². The molecular formula is C8H13NO2. The highest BCUT2D eigenvalue weighted by Gasteiger charge is 2.37. The molecule has 2 heterocycles. The molecule has 3 nitrogen and oxygen atoms in total. The summed E-state index contributed by atoms with van der Waals surface area (Å²) in [4.78, 5) is 2.20. The van der Waals surface area contributed by atoms with Gasteiger partial charge in [-0.1, -0.05) is 6.08 Å². The van der Waals surface area contributed by atoms with Gasteiger partial charge in [-0.2, -0.15) is 0 Å². The van der Waals surface area contributed by atoms with Gasteiger partial charge < -0.3 is 10.2 Å². The van der Waals surface area contributed by atoms with E-state index in [-0.39, 0.29) is 18.8 Å². The molecule has 0 amide bonds. The summed E-state index contributed by atoms with van der Waals surface area (Å²) < 4.78 is 0. The van der Waals surface area contributed by atoms with E-state index in [2.05, 4.69) is 4.90 Å². The lowest BCUT2D eigenvalue weighted by molar-refractivity contribution is 0.140. The normalized spacial score (nSPS) is 37.5. The van der Waals surface area contributed by atoms with Crippen molar-refractivity contribution in [1.29, 1.82) is 0 Å². The zero-order valence-corrected chi connectivity index (χ0v) is 6.40. The van der Waals surface area contributed by atoms with Crippen molar-refractivity contribution in [3.05, 3.63) is 11.6 Å². The van der Waals surface area contributed by atoms with Gasteiger partial charge in [0.25, 0.3) is 0 Å². The van der Waals surface area contributed by atoms with Crippen molar-refractivity contribution in [3.8, 4) is 0 Å². The molecule has 2 N–H and O–H groups in total. The van der Waals surface area contributed by atoms with Crippen LogP contribution in [0.2, 0.25) is 0 Å². The minimum Gasteiger partial charge on any atom is -0.392 e. The maximum Gasteiger partial charge on any atom is 0.0746 e. The van der Waals surface area contributed by atoms with Gasteiger partial charge in [-0.25, -0.2) is 0 Å². The molecule has 2 aliphatic heterocycles. The molecule has 0 aromatic rings. The molecule has 0 spiro atoms. The van der Waals surface area contributed by atoms with Crippen LogP contribution in [0.3, 0.4) is 0 Å². The van der Waals surface area contributed by atoms with Crippen molar-refractivity contribution >= 4 is 0 Å². The molecule has 3 heteroatoms. The number of rotatable bonds is 1. The molecule has 62 valence electrons. The lowest BCUT2D eigenvalue weighted by Crippen LogP contribution is -2.32. The predicted molar refractivity (Wildman–Crippen MR) is 41.2 cm³/mol. The number of hydrogen-bond donors (Lipinski definition) is 2. The first kappa shape index (κ1) is 7.28. The molecule has 0 bridgehead atoms. The number of aliphatic hydroxyl groups is 2. The third kappa shape index (κ3) is 1.00. The molecule has 0 aromatic carbocycles. The lowest BCUT2D eigenvalue weighted by Gasteiger charge is -2.19. The van der Waals surface area contributed by atoms with E-state index in [1.807, 2.05) is 6.08 Å². The summed E-state index contributed by atoms with van der Waals surface area (Å²) in [6, 6.07) is 0.125. The highest BCUT2D eigenvalue weighted by Crippen LogP contribution is 2.28. The Morgan fingerprint density at radius 3 is 3.18 bits per heavy atom. The van der Waals surface area contributed by atoms with Crippen molar-refractivity contribution < 1.29 is 10.2 Å². The highest BCUT2D eigenvalue weighted by atomic mass is 16.3. The monoisotopic (exact) mass is 155 g/mol. The summed E-state index contributed by atoms with van der Waals surface area (Å²) in [6.07, 6.45) is 2.62. The Kier molecular flexibility index (Phi) is 1.71. The fourth-order valence-corrected chi connectivity index (χ4v) is 2.04. The Labute approximate surface area is 65.9 Å². The zero-order valence-electron chi connectivity index (χ0n) is 6.40. The average molecular weight is 155 g/mol. The van der Waals surface area contributed by atoms with E-state index in [1.165, 1.54) is 0 Å². The van der Waals surface area contributed by atoms with Gasteiger partial charge in [-0.05, 0) is 12.0 Å². The van der Waals surface area contributed by atoms with Gasteiger partial charge in [0.1, 0.15) is 0 Å². The number of aliphatic hydroxyl groups excluding tert-OH is 2. The first-order valence-corrected chi connectivity index (χ1v) is 4.05. The molecule has 11 heavy (non-hydrogen) atoms. The lowest BCUT2D eigenvalue weighted by atomic mass is 10.1. The Morgan fingerprint density at radius 1 is 1.64 bits per heavy atom. The van der Waals surface area contributed by atoms with Crippen molar-refractivity contribution in [1.82, 2.24) is 4.90 Å². The second kappa shape index (κ2) is 2.59. The molecule has 2 rings (SSSR count). The third-order valence-electron chi connectivity index (χ3n) is 2.62. The average Bonchev–Trinajstić information content (AvgIpc) is 2.54. The summed E-state index contributed by atoms with van der Waals surface area (Å²) in [6.45, 7) is 1.96. The van der Waals surface area contributed by atoms with Crippen LogP contribution in [0.1, 0.15) is 6.42 Å². The van der Waals surface area contributed by atoms with Crippen LogP contribution < -0.4 is 0 Å². The minimum atomic E-state index is -0.254. The summed E-state index contributed by atoms with van der Waals surface area (Å²) in [5.74, 6) is 0. The van der Waals surface area contributed by atoms with Crippen molar-refractivity contribution in [2.24, 2.45) is 0 Å². The standard InChI is InChI=1S/C8H13NO2/c10-5-6-1-3-9-4-2-7(11)8(6)9/h1,7-8,10-11H,2-5H2/t7-,8?/m0/s1. The van der Waals surface area contributed by atoms with Crippen LogP contribution in [-0.2, 0) is 0 Å². The van der Waals surface area contributed by atoms with Gasteiger partial charge in [-0.15, -0.1) is 0 Å². The molecule has 1 saturated heterocycles. The van der Waals surface area contributed by atoms with Crippen molar-refractivity contribution in [2.75, 3.05) is 19.7 Å². The fourth-order valence-electron chi connectivity index (χ4n) is 2.04. The van der Waals surface area contributed by atoms with Gasteiger partial charge in [-0.3, -0.25) is 4.90 Å². The van der Waals surface area contributed by atoms with Crippen molar-refractivity contribution in [3.63, 3.8) is 0 Å². The topological polar surface area (TPSA) is 43.7 Å². The second-order valence-electron chi connectivity index (χ2n) is 3.23. The minimum absolute atomic E-state index is 0.0955. The molecule has 1 fully saturated rings. The highest BCUT2D eigenvalue weighted by molar-refractivity contribution is 5.22. The smallest absolute Gasteiger partial charge is 0.0746 e. The van der Waals surface area contributed by atoms with E-state index < -0.39 is 0 Å². The largest absolute Gasteiger partial charge is 0.392 e. The Morgan fingerprint density at radius 2 is 2.45 bits per heavy atom.